The monoisotopic (exact) mass is 384 g/mol. The molecule has 1 aliphatic heterocycles. The zero-order chi connectivity index (χ0) is 20.2. The molecule has 3 rings (SSSR count). The van der Waals surface area contributed by atoms with Crippen LogP contribution in [0.25, 0.3) is 0 Å². The van der Waals surface area contributed by atoms with Crippen LogP contribution in [0, 0.1) is 16.7 Å². The first kappa shape index (κ1) is 20.9. The van der Waals surface area contributed by atoms with Gasteiger partial charge in [-0.1, -0.05) is 49.8 Å². The summed E-state index contributed by atoms with van der Waals surface area (Å²) in [7, 11) is 0. The number of Topliss-reactive ketones (excluding diaryl/α,β-unsaturated/α-hetero) is 1. The second-order valence-corrected chi connectivity index (χ2v) is 9.16. The van der Waals surface area contributed by atoms with Crippen LogP contribution in [0.5, 0.6) is 0 Å². The number of rotatable bonds is 7. The third-order valence-corrected chi connectivity index (χ3v) is 6.23. The summed E-state index contributed by atoms with van der Waals surface area (Å²) in [5, 5.41) is 0. The average Bonchev–Trinajstić information content (AvgIpc) is 2.66. The summed E-state index contributed by atoms with van der Waals surface area (Å²) in [5.41, 5.74) is 1.90. The van der Waals surface area contributed by atoms with Gasteiger partial charge in [-0.05, 0) is 48.7 Å². The molecule has 0 amide bonds. The molecule has 1 atom stereocenters. The molecule has 0 N–H and O–H groups in total. The van der Waals surface area contributed by atoms with E-state index in [1.165, 1.54) is 0 Å². The Hall–Kier alpha value is -1.78. The van der Waals surface area contributed by atoms with Crippen molar-refractivity contribution >= 4 is 11.6 Å². The van der Waals surface area contributed by atoms with Crippen molar-refractivity contribution in [3.63, 3.8) is 0 Å². The van der Waals surface area contributed by atoms with Crippen molar-refractivity contribution in [2.24, 2.45) is 16.7 Å². The Labute approximate surface area is 168 Å². The van der Waals surface area contributed by atoms with Gasteiger partial charge in [-0.15, -0.1) is 0 Å². The lowest BCUT2D eigenvalue weighted by atomic mass is 9.63. The van der Waals surface area contributed by atoms with Crippen LogP contribution in [0.4, 0.5) is 0 Å². The normalized spacial score (nSPS) is 22.2. The maximum Gasteiger partial charge on any atom is 0.166 e. The summed E-state index contributed by atoms with van der Waals surface area (Å²) in [6, 6.07) is 10.0. The first-order valence-electron chi connectivity index (χ1n) is 10.3. The molecule has 0 saturated carbocycles. The van der Waals surface area contributed by atoms with Crippen LogP contribution in [-0.4, -0.2) is 31.4 Å². The highest BCUT2D eigenvalue weighted by atomic mass is 16.5. The molecule has 28 heavy (non-hydrogen) atoms. The second kappa shape index (κ2) is 8.71. The Morgan fingerprint density at radius 3 is 2.57 bits per heavy atom. The lowest BCUT2D eigenvalue weighted by molar-refractivity contribution is -0.135. The van der Waals surface area contributed by atoms with Gasteiger partial charge in [0.15, 0.2) is 5.78 Å². The maximum atomic E-state index is 13.1. The molecule has 4 heteroatoms. The summed E-state index contributed by atoms with van der Waals surface area (Å²) < 4.78 is 11.4. The molecule has 0 radical (unpaired) electrons. The van der Waals surface area contributed by atoms with E-state index in [4.69, 9.17) is 9.47 Å². The quantitative estimate of drug-likeness (QED) is 0.649. The SMILES string of the molecule is CC1=CC(=O)C(C(=O)CC(C)(C)COCc2ccccc2)CC12CCOCC2. The molecule has 0 bridgehead atoms. The van der Waals surface area contributed by atoms with Gasteiger partial charge in [-0.25, -0.2) is 0 Å². The fourth-order valence-electron chi connectivity index (χ4n) is 4.42. The molecule has 152 valence electrons. The van der Waals surface area contributed by atoms with Crippen LogP contribution in [-0.2, 0) is 25.7 Å². The third kappa shape index (κ3) is 4.98. The van der Waals surface area contributed by atoms with Gasteiger partial charge in [0, 0.05) is 19.6 Å². The number of allylic oxidation sites excluding steroid dienone is 2. The van der Waals surface area contributed by atoms with Crippen molar-refractivity contribution in [3.8, 4) is 0 Å². The predicted molar refractivity (Wildman–Crippen MR) is 109 cm³/mol. The molecule has 1 aromatic carbocycles. The summed E-state index contributed by atoms with van der Waals surface area (Å²) in [6.45, 7) is 8.54. The minimum Gasteiger partial charge on any atom is -0.381 e. The van der Waals surface area contributed by atoms with E-state index in [0.717, 1.165) is 24.0 Å². The van der Waals surface area contributed by atoms with E-state index in [1.54, 1.807) is 6.08 Å². The molecule has 1 heterocycles. The molecule has 2 aliphatic rings. The highest BCUT2D eigenvalue weighted by Crippen LogP contribution is 2.47. The Morgan fingerprint density at radius 1 is 1.21 bits per heavy atom. The number of ketones is 2. The van der Waals surface area contributed by atoms with Crippen LogP contribution < -0.4 is 0 Å². The van der Waals surface area contributed by atoms with E-state index in [1.807, 2.05) is 51.1 Å². The van der Waals surface area contributed by atoms with Gasteiger partial charge < -0.3 is 9.47 Å². The van der Waals surface area contributed by atoms with Crippen LogP contribution >= 0.6 is 0 Å². The highest BCUT2D eigenvalue weighted by molar-refractivity contribution is 6.08. The van der Waals surface area contributed by atoms with Gasteiger partial charge in [0.1, 0.15) is 5.78 Å². The lowest BCUT2D eigenvalue weighted by Crippen LogP contribution is -2.41. The van der Waals surface area contributed by atoms with Gasteiger partial charge in [0.05, 0.1) is 19.1 Å². The predicted octanol–water partition coefficient (Wildman–Crippen LogP) is 4.52. The van der Waals surface area contributed by atoms with Crippen LogP contribution in [0.3, 0.4) is 0 Å². The van der Waals surface area contributed by atoms with E-state index < -0.39 is 5.92 Å². The zero-order valence-electron chi connectivity index (χ0n) is 17.3. The molecule has 1 fully saturated rings. The number of benzene rings is 1. The van der Waals surface area contributed by atoms with Gasteiger partial charge >= 0.3 is 0 Å². The smallest absolute Gasteiger partial charge is 0.166 e. The topological polar surface area (TPSA) is 52.6 Å². The van der Waals surface area contributed by atoms with Crippen molar-refractivity contribution in [3.05, 3.63) is 47.5 Å². The lowest BCUT2D eigenvalue weighted by Gasteiger charge is -2.43. The van der Waals surface area contributed by atoms with Crippen molar-refractivity contribution in [2.45, 2.75) is 53.1 Å². The van der Waals surface area contributed by atoms with Crippen molar-refractivity contribution < 1.29 is 19.1 Å². The van der Waals surface area contributed by atoms with Crippen LogP contribution in [0.15, 0.2) is 42.0 Å². The van der Waals surface area contributed by atoms with E-state index in [9.17, 15) is 9.59 Å². The van der Waals surface area contributed by atoms with E-state index in [2.05, 4.69) is 0 Å². The Morgan fingerprint density at radius 2 is 1.89 bits per heavy atom. The first-order chi connectivity index (χ1) is 13.3. The minimum atomic E-state index is -0.518. The van der Waals surface area contributed by atoms with Crippen LogP contribution in [0.2, 0.25) is 0 Å². The number of carbonyl (C=O) groups is 2. The van der Waals surface area contributed by atoms with Crippen molar-refractivity contribution in [1.82, 2.24) is 0 Å². The van der Waals surface area contributed by atoms with Gasteiger partial charge in [0.2, 0.25) is 0 Å². The molecular formula is C24H32O4. The summed E-state index contributed by atoms with van der Waals surface area (Å²) in [6.07, 6.45) is 4.51. The number of hydrogen-bond acceptors (Lipinski definition) is 4. The van der Waals surface area contributed by atoms with Crippen molar-refractivity contribution in [1.29, 1.82) is 0 Å². The fourth-order valence-corrected chi connectivity index (χ4v) is 4.42. The fraction of sp³-hybridized carbons (Fsp3) is 0.583. The van der Waals surface area contributed by atoms with Gasteiger partial charge in [-0.2, -0.15) is 0 Å². The van der Waals surface area contributed by atoms with E-state index >= 15 is 0 Å². The van der Waals surface area contributed by atoms with E-state index in [0.29, 0.717) is 39.3 Å². The first-order valence-corrected chi connectivity index (χ1v) is 10.3. The minimum absolute atomic E-state index is 0.0272. The summed E-state index contributed by atoms with van der Waals surface area (Å²) >= 11 is 0. The Bertz CT molecular complexity index is 726. The molecule has 1 unspecified atom stereocenters. The van der Waals surface area contributed by atoms with Crippen molar-refractivity contribution in [2.75, 3.05) is 19.8 Å². The molecule has 4 nitrogen and oxygen atoms in total. The average molecular weight is 385 g/mol. The molecule has 1 aromatic rings. The maximum absolute atomic E-state index is 13.1. The molecule has 1 aliphatic carbocycles. The zero-order valence-corrected chi connectivity index (χ0v) is 17.3. The van der Waals surface area contributed by atoms with Gasteiger partial charge in [0.25, 0.3) is 0 Å². The number of hydrogen-bond donors (Lipinski definition) is 0. The molecular weight excluding hydrogens is 352 g/mol. The Kier molecular flexibility index (Phi) is 6.51. The third-order valence-electron chi connectivity index (χ3n) is 6.23. The number of carbonyl (C=O) groups excluding carboxylic acids is 2. The largest absolute Gasteiger partial charge is 0.381 e. The molecule has 1 spiro atoms. The second-order valence-electron chi connectivity index (χ2n) is 9.16. The number of ether oxygens (including phenoxy) is 2. The molecule has 1 saturated heterocycles. The summed E-state index contributed by atoms with van der Waals surface area (Å²) in [4.78, 5) is 25.7. The molecule has 0 aromatic heterocycles. The van der Waals surface area contributed by atoms with Crippen LogP contribution in [0.1, 0.15) is 52.0 Å². The van der Waals surface area contributed by atoms with E-state index in [-0.39, 0.29) is 22.4 Å². The highest BCUT2D eigenvalue weighted by Gasteiger charge is 2.44. The Balaban J connectivity index is 1.58. The van der Waals surface area contributed by atoms with Gasteiger partial charge in [-0.3, -0.25) is 9.59 Å². The standard InChI is InChI=1S/C24H32O4/c1-18-13-21(25)20(14-24(18)9-11-27-12-10-24)22(26)15-23(2,3)17-28-16-19-7-5-4-6-8-19/h4-8,13,20H,9-12,14-17H2,1-3H3. The summed E-state index contributed by atoms with van der Waals surface area (Å²) in [5.74, 6) is -0.497.